The number of hydrogen-bond donors (Lipinski definition) is 0. The molecule has 0 atom stereocenters. The first-order chi connectivity index (χ1) is 8.88. The maximum Gasteiger partial charge on any atom is 0.235 e. The average Bonchev–Trinajstić information content (AvgIpc) is 2.98. The Hall–Kier alpha value is -1.40. The lowest BCUT2D eigenvalue weighted by Crippen LogP contribution is -1.94. The zero-order valence-corrected chi connectivity index (χ0v) is 11.5. The second-order valence-electron chi connectivity index (χ2n) is 3.72. The highest BCUT2D eigenvalue weighted by Crippen LogP contribution is 2.25. The van der Waals surface area contributed by atoms with Crippen molar-refractivity contribution < 1.29 is 0 Å². The van der Waals surface area contributed by atoms with Crippen molar-refractivity contribution >= 4 is 28.1 Å². The molecule has 2 heterocycles. The largest absolute Gasteiger partial charge is 0.235 e. The molecular formula is C12H12N4S2. The molecule has 0 N–H and O–H groups in total. The summed E-state index contributed by atoms with van der Waals surface area (Å²) in [6, 6.07) is 10.2. The van der Waals surface area contributed by atoms with Crippen LogP contribution in [-0.4, -0.2) is 25.6 Å². The van der Waals surface area contributed by atoms with E-state index in [1.165, 1.54) is 0 Å². The number of hydrogen-bond acceptors (Lipinski definition) is 5. The van der Waals surface area contributed by atoms with Gasteiger partial charge in [0.2, 0.25) is 4.96 Å². The predicted octanol–water partition coefficient (Wildman–Crippen LogP) is 3.11. The van der Waals surface area contributed by atoms with Gasteiger partial charge in [0.15, 0.2) is 5.82 Å². The van der Waals surface area contributed by atoms with Crippen LogP contribution in [0.15, 0.2) is 30.3 Å². The van der Waals surface area contributed by atoms with Crippen LogP contribution in [0.25, 0.3) is 15.5 Å². The Kier molecular flexibility index (Phi) is 3.29. The first kappa shape index (κ1) is 11.7. The quantitative estimate of drug-likeness (QED) is 0.734. The van der Waals surface area contributed by atoms with Crippen molar-refractivity contribution in [3.05, 3.63) is 36.2 Å². The minimum absolute atomic E-state index is 0.857. The summed E-state index contributed by atoms with van der Waals surface area (Å²) >= 11 is 3.40. The molecule has 6 heteroatoms. The van der Waals surface area contributed by atoms with Crippen LogP contribution < -0.4 is 0 Å². The van der Waals surface area contributed by atoms with Crippen LogP contribution in [-0.2, 0) is 5.75 Å². The molecule has 0 aliphatic heterocycles. The van der Waals surface area contributed by atoms with E-state index < -0.39 is 0 Å². The second-order valence-corrected chi connectivity index (χ2v) is 5.95. The molecule has 4 nitrogen and oxygen atoms in total. The van der Waals surface area contributed by atoms with E-state index in [1.807, 2.05) is 34.5 Å². The van der Waals surface area contributed by atoms with Crippen LogP contribution in [0.2, 0.25) is 0 Å². The maximum atomic E-state index is 4.59. The zero-order chi connectivity index (χ0) is 12.4. The number of benzene rings is 1. The number of fused-ring (bicyclic) bond motifs is 1. The summed E-state index contributed by atoms with van der Waals surface area (Å²) in [7, 11) is 0. The average molecular weight is 276 g/mol. The fourth-order valence-electron chi connectivity index (χ4n) is 1.64. The summed E-state index contributed by atoms with van der Waals surface area (Å²) < 4.78 is 1.86. The summed E-state index contributed by atoms with van der Waals surface area (Å²) in [5.74, 6) is 2.86. The van der Waals surface area contributed by atoms with Gasteiger partial charge in [0, 0.05) is 5.56 Å². The Morgan fingerprint density at radius 3 is 2.83 bits per heavy atom. The highest BCUT2D eigenvalue weighted by molar-refractivity contribution is 7.98. The van der Waals surface area contributed by atoms with E-state index in [-0.39, 0.29) is 0 Å². The summed E-state index contributed by atoms with van der Waals surface area (Å²) in [5, 5.41) is 13.9. The maximum absolute atomic E-state index is 4.59. The standard InChI is InChI=1S/C12H12N4S2/c1-2-17-8-10-13-14-12-16(10)15-11(18-12)9-6-4-3-5-7-9/h3-7H,2,8H2,1H3. The first-order valence-corrected chi connectivity index (χ1v) is 7.70. The van der Waals surface area contributed by atoms with Crippen LogP contribution in [0.5, 0.6) is 0 Å². The number of aromatic nitrogens is 4. The molecule has 92 valence electrons. The third kappa shape index (κ3) is 2.13. The van der Waals surface area contributed by atoms with Crippen LogP contribution in [0.3, 0.4) is 0 Å². The summed E-state index contributed by atoms with van der Waals surface area (Å²) in [6.45, 7) is 2.14. The molecule has 18 heavy (non-hydrogen) atoms. The Bertz CT molecular complexity index is 644. The smallest absolute Gasteiger partial charge is 0.186 e. The highest BCUT2D eigenvalue weighted by atomic mass is 32.2. The van der Waals surface area contributed by atoms with Gasteiger partial charge in [-0.1, -0.05) is 48.6 Å². The van der Waals surface area contributed by atoms with E-state index >= 15 is 0 Å². The molecule has 3 aromatic rings. The Labute approximate surface area is 113 Å². The molecular weight excluding hydrogens is 264 g/mol. The third-order valence-corrected chi connectivity index (χ3v) is 4.33. The Morgan fingerprint density at radius 2 is 2.06 bits per heavy atom. The monoisotopic (exact) mass is 276 g/mol. The van der Waals surface area contributed by atoms with Crippen molar-refractivity contribution in [3.8, 4) is 10.6 Å². The third-order valence-electron chi connectivity index (χ3n) is 2.51. The molecule has 0 aliphatic carbocycles. The zero-order valence-electron chi connectivity index (χ0n) is 9.91. The Morgan fingerprint density at radius 1 is 1.22 bits per heavy atom. The molecule has 0 saturated carbocycles. The van der Waals surface area contributed by atoms with Gasteiger partial charge in [-0.25, -0.2) is 0 Å². The van der Waals surface area contributed by atoms with Gasteiger partial charge in [-0.15, -0.1) is 10.2 Å². The van der Waals surface area contributed by atoms with Gasteiger partial charge < -0.3 is 0 Å². The molecule has 3 rings (SSSR count). The van der Waals surface area contributed by atoms with Crippen molar-refractivity contribution in [2.45, 2.75) is 12.7 Å². The van der Waals surface area contributed by atoms with Crippen molar-refractivity contribution in [2.24, 2.45) is 0 Å². The Balaban J connectivity index is 1.99. The van der Waals surface area contributed by atoms with Gasteiger partial charge in [-0.3, -0.25) is 0 Å². The minimum atomic E-state index is 0.857. The van der Waals surface area contributed by atoms with E-state index in [0.29, 0.717) is 0 Å². The predicted molar refractivity (Wildman–Crippen MR) is 75.9 cm³/mol. The van der Waals surface area contributed by atoms with Crippen molar-refractivity contribution in [1.29, 1.82) is 0 Å². The van der Waals surface area contributed by atoms with Crippen LogP contribution >= 0.6 is 23.1 Å². The lowest BCUT2D eigenvalue weighted by molar-refractivity contribution is 0.887. The fourth-order valence-corrected chi connectivity index (χ4v) is 3.07. The highest BCUT2D eigenvalue weighted by Gasteiger charge is 2.12. The molecule has 0 bridgehead atoms. The topological polar surface area (TPSA) is 43.1 Å². The number of thioether (sulfide) groups is 1. The van der Waals surface area contributed by atoms with E-state index in [9.17, 15) is 0 Å². The van der Waals surface area contributed by atoms with Gasteiger partial charge in [0.1, 0.15) is 5.01 Å². The number of rotatable bonds is 4. The summed E-state index contributed by atoms with van der Waals surface area (Å²) in [6.07, 6.45) is 0. The van der Waals surface area contributed by atoms with Gasteiger partial charge in [-0.05, 0) is 5.75 Å². The van der Waals surface area contributed by atoms with Gasteiger partial charge in [0.05, 0.1) is 5.75 Å². The van der Waals surface area contributed by atoms with Gasteiger partial charge in [0.25, 0.3) is 0 Å². The van der Waals surface area contributed by atoms with E-state index in [0.717, 1.165) is 32.9 Å². The summed E-state index contributed by atoms with van der Waals surface area (Å²) in [5.41, 5.74) is 1.13. The normalized spacial score (nSPS) is 11.2. The lowest BCUT2D eigenvalue weighted by atomic mass is 10.2. The van der Waals surface area contributed by atoms with E-state index in [1.54, 1.807) is 11.3 Å². The van der Waals surface area contributed by atoms with E-state index in [2.05, 4.69) is 34.4 Å². The molecule has 0 fully saturated rings. The van der Waals surface area contributed by atoms with Crippen LogP contribution in [0, 0.1) is 0 Å². The molecule has 1 aromatic carbocycles. The lowest BCUT2D eigenvalue weighted by Gasteiger charge is -1.94. The van der Waals surface area contributed by atoms with Crippen LogP contribution in [0.1, 0.15) is 12.7 Å². The van der Waals surface area contributed by atoms with Crippen molar-refractivity contribution in [1.82, 2.24) is 19.8 Å². The molecule has 0 aliphatic rings. The van der Waals surface area contributed by atoms with E-state index in [4.69, 9.17) is 0 Å². The van der Waals surface area contributed by atoms with Crippen molar-refractivity contribution in [2.75, 3.05) is 5.75 Å². The SMILES string of the molecule is CCSCc1nnc2sc(-c3ccccc3)nn12. The van der Waals surface area contributed by atoms with Crippen LogP contribution in [0.4, 0.5) is 0 Å². The molecule has 0 unspecified atom stereocenters. The minimum Gasteiger partial charge on any atom is -0.186 e. The molecule has 0 saturated heterocycles. The molecule has 0 radical (unpaired) electrons. The number of nitrogens with zero attached hydrogens (tertiary/aromatic N) is 4. The molecule has 0 spiro atoms. The van der Waals surface area contributed by atoms with Gasteiger partial charge >= 0.3 is 0 Å². The fraction of sp³-hybridized carbons (Fsp3) is 0.250. The summed E-state index contributed by atoms with van der Waals surface area (Å²) in [4.78, 5) is 0.862. The first-order valence-electron chi connectivity index (χ1n) is 5.72. The van der Waals surface area contributed by atoms with Gasteiger partial charge in [-0.2, -0.15) is 21.4 Å². The second kappa shape index (κ2) is 5.07. The van der Waals surface area contributed by atoms with Crippen molar-refractivity contribution in [3.63, 3.8) is 0 Å². The molecule has 2 aromatic heterocycles. The molecule has 0 amide bonds.